The quantitative estimate of drug-likeness (QED) is 0.505. The standard InChI is InChI=1S/C5H11O6P2/c1-9-13(8)11-5-3-2-4-10-12(6)7/h2-5H2,1H3/q+1/p+1. The van der Waals surface area contributed by atoms with Gasteiger partial charge in [-0.05, 0) is 12.8 Å². The van der Waals surface area contributed by atoms with Crippen molar-refractivity contribution >= 4 is 16.5 Å². The summed E-state index contributed by atoms with van der Waals surface area (Å²) in [6.45, 7) is 0.480. The fraction of sp³-hybridized carbons (Fsp3) is 1.00. The molecule has 8 heteroatoms. The maximum Gasteiger partial charge on any atom is 0.697 e. The molecular weight excluding hydrogens is 218 g/mol. The highest BCUT2D eigenvalue weighted by atomic mass is 31.1. The average molecular weight is 230 g/mol. The Kier molecular flexibility index (Phi) is 8.66. The monoisotopic (exact) mass is 230 g/mol. The van der Waals surface area contributed by atoms with Gasteiger partial charge in [0.1, 0.15) is 13.2 Å². The van der Waals surface area contributed by atoms with Crippen LogP contribution in [-0.2, 0) is 22.7 Å². The molecule has 1 N–H and O–H groups in total. The minimum absolute atomic E-state index is 0.193. The van der Waals surface area contributed by atoms with Crippen molar-refractivity contribution in [3.05, 3.63) is 0 Å². The summed E-state index contributed by atoms with van der Waals surface area (Å²) in [5, 5.41) is 0. The van der Waals surface area contributed by atoms with Crippen LogP contribution in [0.4, 0.5) is 0 Å². The number of hydrogen-bond donors (Lipinski definition) is 1. The molecule has 0 amide bonds. The third kappa shape index (κ3) is 9.96. The van der Waals surface area contributed by atoms with E-state index >= 15 is 0 Å². The highest BCUT2D eigenvalue weighted by molar-refractivity contribution is 7.33. The lowest BCUT2D eigenvalue weighted by molar-refractivity contribution is 0.232. The van der Waals surface area contributed by atoms with E-state index in [0.29, 0.717) is 12.8 Å². The van der Waals surface area contributed by atoms with Crippen molar-refractivity contribution in [2.24, 2.45) is 0 Å². The van der Waals surface area contributed by atoms with Crippen LogP contribution in [0.15, 0.2) is 0 Å². The molecule has 2 atom stereocenters. The van der Waals surface area contributed by atoms with Crippen LogP contribution in [0, 0.1) is 0 Å². The highest BCUT2D eigenvalue weighted by Gasteiger charge is 2.16. The van der Waals surface area contributed by atoms with Gasteiger partial charge in [0.25, 0.3) is 0 Å². The molecule has 0 spiro atoms. The largest absolute Gasteiger partial charge is 0.697 e. The van der Waals surface area contributed by atoms with Crippen LogP contribution in [0.5, 0.6) is 0 Å². The second-order valence-corrected chi connectivity index (χ2v) is 3.82. The average Bonchev–Trinajstić information content (AvgIpc) is 2.10. The second kappa shape index (κ2) is 8.63. The second-order valence-electron chi connectivity index (χ2n) is 2.02. The summed E-state index contributed by atoms with van der Waals surface area (Å²) in [6, 6.07) is 0. The van der Waals surface area contributed by atoms with Crippen LogP contribution in [0.1, 0.15) is 12.8 Å². The Hall–Kier alpha value is 0.0400. The predicted molar refractivity (Wildman–Crippen MR) is 45.6 cm³/mol. The van der Waals surface area contributed by atoms with Gasteiger partial charge in [-0.3, -0.25) is 0 Å². The molecule has 0 aromatic heterocycles. The van der Waals surface area contributed by atoms with E-state index in [2.05, 4.69) is 9.05 Å². The van der Waals surface area contributed by atoms with Gasteiger partial charge < -0.3 is 0 Å². The Morgan fingerprint density at radius 1 is 1.15 bits per heavy atom. The van der Waals surface area contributed by atoms with Crippen molar-refractivity contribution in [2.75, 3.05) is 20.3 Å². The van der Waals surface area contributed by atoms with E-state index < -0.39 is 16.5 Å². The smallest absolute Gasteiger partial charge is 0.133 e. The van der Waals surface area contributed by atoms with E-state index in [-0.39, 0.29) is 13.2 Å². The van der Waals surface area contributed by atoms with Gasteiger partial charge in [-0.1, -0.05) is 0 Å². The third-order valence-electron chi connectivity index (χ3n) is 1.09. The number of rotatable bonds is 8. The molecule has 0 fully saturated rings. The van der Waals surface area contributed by atoms with E-state index in [1.807, 2.05) is 0 Å². The summed E-state index contributed by atoms with van der Waals surface area (Å²) in [6.07, 6.45) is 1.18. The number of hydrogen-bond acceptors (Lipinski definition) is 5. The topological polar surface area (TPSA) is 82.1 Å². The van der Waals surface area contributed by atoms with Crippen LogP contribution in [0.25, 0.3) is 0 Å². The zero-order chi connectivity index (χ0) is 10.1. The van der Waals surface area contributed by atoms with Gasteiger partial charge in [0.15, 0.2) is 0 Å². The maximum absolute atomic E-state index is 10.5. The minimum Gasteiger partial charge on any atom is -0.133 e. The molecule has 0 aliphatic carbocycles. The van der Waals surface area contributed by atoms with Crippen LogP contribution in [0.2, 0.25) is 0 Å². The molecule has 0 saturated heterocycles. The predicted octanol–water partition coefficient (Wildman–Crippen LogP) is 1.75. The van der Waals surface area contributed by atoms with E-state index in [1.54, 1.807) is 0 Å². The molecule has 0 radical (unpaired) electrons. The molecular formula is C5H12O6P2+2. The number of unbranched alkanes of at least 4 members (excludes halogenated alkanes) is 1. The molecule has 76 valence electrons. The minimum atomic E-state index is -2.51. The summed E-state index contributed by atoms with van der Waals surface area (Å²) in [4.78, 5) is 8.22. The van der Waals surface area contributed by atoms with Crippen molar-refractivity contribution in [3.63, 3.8) is 0 Å². The molecule has 0 heterocycles. The molecule has 0 saturated carbocycles. The van der Waals surface area contributed by atoms with Crippen molar-refractivity contribution in [1.82, 2.24) is 0 Å². The zero-order valence-electron chi connectivity index (χ0n) is 7.21. The van der Waals surface area contributed by atoms with Crippen molar-refractivity contribution < 1.29 is 27.6 Å². The zero-order valence-corrected chi connectivity index (χ0v) is 9.00. The van der Waals surface area contributed by atoms with Gasteiger partial charge in [0.2, 0.25) is 0 Å². The SMILES string of the molecule is CO[P+](=O)OCCCCO[P+](=O)O. The normalized spacial score (nSPS) is 12.8. The molecule has 6 nitrogen and oxygen atoms in total. The van der Waals surface area contributed by atoms with Crippen LogP contribution < -0.4 is 0 Å². The Morgan fingerprint density at radius 3 is 2.15 bits per heavy atom. The molecule has 0 aromatic carbocycles. The van der Waals surface area contributed by atoms with Gasteiger partial charge in [-0.25, -0.2) is 0 Å². The summed E-state index contributed by atoms with van der Waals surface area (Å²) in [5.41, 5.74) is 0. The molecule has 0 bridgehead atoms. The molecule has 13 heavy (non-hydrogen) atoms. The van der Waals surface area contributed by atoms with Crippen LogP contribution in [-0.4, -0.2) is 25.2 Å². The van der Waals surface area contributed by atoms with Gasteiger partial charge in [-0.15, -0.1) is 18.5 Å². The van der Waals surface area contributed by atoms with Gasteiger partial charge in [0, 0.05) is 9.13 Å². The summed E-state index contributed by atoms with van der Waals surface area (Å²) in [7, 11) is -3.23. The molecule has 0 aliphatic heterocycles. The van der Waals surface area contributed by atoms with Crippen molar-refractivity contribution in [3.8, 4) is 0 Å². The third-order valence-corrected chi connectivity index (χ3v) is 2.18. The lowest BCUT2D eigenvalue weighted by atomic mass is 10.3. The summed E-state index contributed by atoms with van der Waals surface area (Å²) >= 11 is 0. The molecule has 0 aromatic rings. The van der Waals surface area contributed by atoms with E-state index in [9.17, 15) is 9.13 Å². The molecule has 0 aliphatic rings. The lowest BCUT2D eigenvalue weighted by Crippen LogP contribution is -1.92. The first-order chi connectivity index (χ1) is 6.16. The summed E-state index contributed by atoms with van der Waals surface area (Å²) < 4.78 is 34.0. The van der Waals surface area contributed by atoms with Gasteiger partial charge in [0.05, 0.1) is 7.11 Å². The van der Waals surface area contributed by atoms with Crippen molar-refractivity contribution in [1.29, 1.82) is 0 Å². The van der Waals surface area contributed by atoms with Gasteiger partial charge in [-0.2, -0.15) is 0 Å². The first-order valence-electron chi connectivity index (χ1n) is 3.60. The maximum atomic E-state index is 10.5. The molecule has 0 rings (SSSR count). The first kappa shape index (κ1) is 13.0. The van der Waals surface area contributed by atoms with E-state index in [4.69, 9.17) is 9.42 Å². The fourth-order valence-corrected chi connectivity index (χ4v) is 1.21. The molecule has 2 unspecified atom stereocenters. The highest BCUT2D eigenvalue weighted by Crippen LogP contribution is 2.22. The van der Waals surface area contributed by atoms with Crippen molar-refractivity contribution in [2.45, 2.75) is 12.8 Å². The Balaban J connectivity index is 3.08. The lowest BCUT2D eigenvalue weighted by Gasteiger charge is -1.90. The van der Waals surface area contributed by atoms with E-state index in [1.165, 1.54) is 7.11 Å². The van der Waals surface area contributed by atoms with Gasteiger partial charge >= 0.3 is 16.5 Å². The summed E-state index contributed by atoms with van der Waals surface area (Å²) in [5.74, 6) is 0. The Bertz CT molecular complexity index is 172. The Morgan fingerprint density at radius 2 is 1.69 bits per heavy atom. The van der Waals surface area contributed by atoms with Crippen LogP contribution >= 0.6 is 16.5 Å². The van der Waals surface area contributed by atoms with E-state index in [0.717, 1.165) is 0 Å². The fourth-order valence-electron chi connectivity index (χ4n) is 0.539. The Labute approximate surface area is 78.1 Å². The first-order valence-corrected chi connectivity index (χ1v) is 5.82. The van der Waals surface area contributed by atoms with Crippen LogP contribution in [0.3, 0.4) is 0 Å².